The van der Waals surface area contributed by atoms with Crippen LogP contribution in [0.3, 0.4) is 0 Å². The van der Waals surface area contributed by atoms with Gasteiger partial charge in [-0.2, -0.15) is 4.68 Å². The van der Waals surface area contributed by atoms with Crippen LogP contribution in [0.15, 0.2) is 30.6 Å². The number of tetrazole rings is 1. The summed E-state index contributed by atoms with van der Waals surface area (Å²) in [7, 11) is 0. The average molecular weight is 288 g/mol. The topological polar surface area (TPSA) is 84.7 Å². The molecule has 0 aliphatic rings. The summed E-state index contributed by atoms with van der Waals surface area (Å²) in [6.07, 6.45) is 1.90. The van der Waals surface area contributed by atoms with E-state index in [4.69, 9.17) is 0 Å². The lowest BCUT2D eigenvalue weighted by Gasteiger charge is -2.20. The first kappa shape index (κ1) is 15.1. The number of aromatic nitrogens is 4. The third-order valence-electron chi connectivity index (χ3n) is 2.78. The molecule has 112 valence electrons. The lowest BCUT2D eigenvalue weighted by molar-refractivity contribution is -0.116. The molecule has 0 saturated carbocycles. The van der Waals surface area contributed by atoms with Gasteiger partial charge in [0.05, 0.1) is 11.4 Å². The summed E-state index contributed by atoms with van der Waals surface area (Å²) >= 11 is 0. The number of amides is 1. The minimum atomic E-state index is -0.0488. The molecule has 0 saturated heterocycles. The highest BCUT2D eigenvalue weighted by Gasteiger charge is 2.11. The van der Waals surface area contributed by atoms with E-state index >= 15 is 0 Å². The highest BCUT2D eigenvalue weighted by atomic mass is 16.1. The number of carbonyl (C=O) groups is 1. The molecule has 1 aromatic carbocycles. The predicted molar refractivity (Wildman–Crippen MR) is 80.2 cm³/mol. The lowest BCUT2D eigenvalue weighted by Crippen LogP contribution is -2.37. The van der Waals surface area contributed by atoms with Crippen LogP contribution in [0.1, 0.15) is 27.2 Å². The summed E-state index contributed by atoms with van der Waals surface area (Å²) < 4.78 is 1.52. The fourth-order valence-electron chi connectivity index (χ4n) is 1.81. The molecular formula is C14H20N6O. The van der Waals surface area contributed by atoms with Crippen molar-refractivity contribution in [2.75, 3.05) is 11.9 Å². The smallest absolute Gasteiger partial charge is 0.225 e. The Balaban J connectivity index is 1.99. The van der Waals surface area contributed by atoms with Crippen LogP contribution in [0.25, 0.3) is 5.69 Å². The van der Waals surface area contributed by atoms with E-state index in [1.165, 1.54) is 11.0 Å². The van der Waals surface area contributed by atoms with Crippen LogP contribution in [0.2, 0.25) is 0 Å². The summed E-state index contributed by atoms with van der Waals surface area (Å²) in [5.41, 5.74) is 1.43. The molecule has 21 heavy (non-hydrogen) atoms. The van der Waals surface area contributed by atoms with Crippen molar-refractivity contribution < 1.29 is 4.79 Å². The minimum Gasteiger partial charge on any atom is -0.324 e. The third-order valence-corrected chi connectivity index (χ3v) is 2.78. The monoisotopic (exact) mass is 288 g/mol. The first-order valence-electron chi connectivity index (χ1n) is 6.83. The van der Waals surface area contributed by atoms with Gasteiger partial charge in [-0.1, -0.05) is 12.1 Å². The Morgan fingerprint density at radius 2 is 2.05 bits per heavy atom. The Labute approximate surface area is 123 Å². The molecule has 0 fully saturated rings. The predicted octanol–water partition coefficient (Wildman–Crippen LogP) is 1.38. The van der Waals surface area contributed by atoms with Gasteiger partial charge in [0.15, 0.2) is 0 Å². The second-order valence-corrected chi connectivity index (χ2v) is 5.75. The summed E-state index contributed by atoms with van der Waals surface area (Å²) in [5.74, 6) is -0.0488. The van der Waals surface area contributed by atoms with Gasteiger partial charge in [0.1, 0.15) is 6.33 Å². The van der Waals surface area contributed by atoms with Crippen LogP contribution in [0, 0.1) is 0 Å². The number of para-hydroxylation sites is 2. The third kappa shape index (κ3) is 4.64. The maximum absolute atomic E-state index is 12.0. The second kappa shape index (κ2) is 6.45. The average Bonchev–Trinajstić information content (AvgIpc) is 2.91. The molecule has 7 nitrogen and oxygen atoms in total. The lowest BCUT2D eigenvalue weighted by atomic mass is 10.1. The van der Waals surface area contributed by atoms with Crippen molar-refractivity contribution >= 4 is 11.6 Å². The van der Waals surface area contributed by atoms with E-state index in [-0.39, 0.29) is 11.4 Å². The number of benzene rings is 1. The molecule has 0 radical (unpaired) electrons. The Hall–Kier alpha value is -2.28. The molecule has 1 aromatic heterocycles. The second-order valence-electron chi connectivity index (χ2n) is 5.75. The quantitative estimate of drug-likeness (QED) is 0.868. The van der Waals surface area contributed by atoms with E-state index in [1.807, 2.05) is 24.3 Å². The largest absolute Gasteiger partial charge is 0.324 e. The zero-order chi connectivity index (χ0) is 15.3. The Bertz CT molecular complexity index is 588. The van der Waals surface area contributed by atoms with Gasteiger partial charge < -0.3 is 10.6 Å². The highest BCUT2D eigenvalue weighted by molar-refractivity contribution is 5.92. The number of carbonyl (C=O) groups excluding carboxylic acids is 1. The van der Waals surface area contributed by atoms with E-state index in [2.05, 4.69) is 46.9 Å². The number of nitrogens with zero attached hydrogens (tertiary/aromatic N) is 4. The molecule has 0 bridgehead atoms. The van der Waals surface area contributed by atoms with Gasteiger partial charge in [-0.3, -0.25) is 4.79 Å². The molecule has 2 rings (SSSR count). The van der Waals surface area contributed by atoms with Crippen LogP contribution >= 0.6 is 0 Å². The standard InChI is InChI=1S/C14H20N6O/c1-14(2,3)15-9-8-13(21)17-11-6-4-5-7-12(11)20-10-16-18-19-20/h4-7,10,15H,8-9H2,1-3H3,(H,17,21). The van der Waals surface area contributed by atoms with Gasteiger partial charge in [-0.05, 0) is 43.3 Å². The molecule has 1 heterocycles. The minimum absolute atomic E-state index is 0.00455. The highest BCUT2D eigenvalue weighted by Crippen LogP contribution is 2.18. The van der Waals surface area contributed by atoms with Gasteiger partial charge in [0, 0.05) is 18.5 Å². The van der Waals surface area contributed by atoms with Crippen LogP contribution in [0.5, 0.6) is 0 Å². The molecule has 2 N–H and O–H groups in total. The Kier molecular flexibility index (Phi) is 4.64. The molecule has 0 aliphatic carbocycles. The van der Waals surface area contributed by atoms with Crippen LogP contribution < -0.4 is 10.6 Å². The number of hydrogen-bond donors (Lipinski definition) is 2. The first-order valence-corrected chi connectivity index (χ1v) is 6.83. The molecule has 0 aliphatic heterocycles. The van der Waals surface area contributed by atoms with Crippen molar-refractivity contribution in [3.05, 3.63) is 30.6 Å². The molecule has 0 spiro atoms. The SMILES string of the molecule is CC(C)(C)NCCC(=O)Nc1ccccc1-n1cnnn1. The molecule has 2 aromatic rings. The zero-order valence-corrected chi connectivity index (χ0v) is 12.5. The maximum Gasteiger partial charge on any atom is 0.225 e. The Morgan fingerprint density at radius 1 is 1.29 bits per heavy atom. The van der Waals surface area contributed by atoms with E-state index in [0.717, 1.165) is 5.69 Å². The zero-order valence-electron chi connectivity index (χ0n) is 12.5. The molecule has 0 unspecified atom stereocenters. The molecular weight excluding hydrogens is 268 g/mol. The van der Waals surface area contributed by atoms with E-state index in [9.17, 15) is 4.79 Å². The van der Waals surface area contributed by atoms with Crippen molar-refractivity contribution in [2.24, 2.45) is 0 Å². The summed E-state index contributed by atoms with van der Waals surface area (Å²) in [6.45, 7) is 6.83. The summed E-state index contributed by atoms with van der Waals surface area (Å²) in [5, 5.41) is 17.2. The molecule has 0 atom stereocenters. The Morgan fingerprint density at radius 3 is 2.71 bits per heavy atom. The number of anilines is 1. The molecule has 7 heteroatoms. The van der Waals surface area contributed by atoms with E-state index in [0.29, 0.717) is 18.7 Å². The maximum atomic E-state index is 12.0. The van der Waals surface area contributed by atoms with Crippen molar-refractivity contribution in [2.45, 2.75) is 32.7 Å². The van der Waals surface area contributed by atoms with E-state index in [1.54, 1.807) is 0 Å². The van der Waals surface area contributed by atoms with Crippen LogP contribution in [-0.4, -0.2) is 38.2 Å². The fourth-order valence-corrected chi connectivity index (χ4v) is 1.81. The first-order chi connectivity index (χ1) is 9.96. The van der Waals surface area contributed by atoms with Gasteiger partial charge in [-0.15, -0.1) is 5.10 Å². The van der Waals surface area contributed by atoms with Gasteiger partial charge in [0.2, 0.25) is 5.91 Å². The number of hydrogen-bond acceptors (Lipinski definition) is 5. The van der Waals surface area contributed by atoms with Crippen molar-refractivity contribution in [3.63, 3.8) is 0 Å². The van der Waals surface area contributed by atoms with Crippen LogP contribution in [0.4, 0.5) is 5.69 Å². The van der Waals surface area contributed by atoms with Gasteiger partial charge in [0.25, 0.3) is 0 Å². The van der Waals surface area contributed by atoms with Crippen LogP contribution in [-0.2, 0) is 4.79 Å². The number of rotatable bonds is 5. The van der Waals surface area contributed by atoms with Gasteiger partial charge >= 0.3 is 0 Å². The van der Waals surface area contributed by atoms with Crippen molar-refractivity contribution in [3.8, 4) is 5.69 Å². The normalized spacial score (nSPS) is 11.4. The van der Waals surface area contributed by atoms with E-state index < -0.39 is 0 Å². The van der Waals surface area contributed by atoms with Gasteiger partial charge in [-0.25, -0.2) is 0 Å². The fraction of sp³-hybridized carbons (Fsp3) is 0.429. The van der Waals surface area contributed by atoms with Crippen molar-refractivity contribution in [1.29, 1.82) is 0 Å². The van der Waals surface area contributed by atoms with Crippen molar-refractivity contribution in [1.82, 2.24) is 25.5 Å². The molecule has 1 amide bonds. The summed E-state index contributed by atoms with van der Waals surface area (Å²) in [4.78, 5) is 12.0. The number of nitrogens with one attached hydrogen (secondary N) is 2. The summed E-state index contributed by atoms with van der Waals surface area (Å²) in [6, 6.07) is 7.40.